The van der Waals surface area contributed by atoms with Crippen molar-refractivity contribution in [1.82, 2.24) is 8.61 Å². The fourth-order valence-electron chi connectivity index (χ4n) is 2.13. The highest BCUT2D eigenvalue weighted by Crippen LogP contribution is 2.31. The van der Waals surface area contributed by atoms with Crippen LogP contribution in [0.25, 0.3) is 0 Å². The van der Waals surface area contributed by atoms with Crippen LogP contribution in [0.2, 0.25) is 0 Å². The second kappa shape index (κ2) is 5.84. The molecule has 0 bridgehead atoms. The fraction of sp³-hybridized carbons (Fsp3) is 0.900. The van der Waals surface area contributed by atoms with E-state index in [9.17, 15) is 9.18 Å². The molecule has 1 saturated heterocycles. The Balaban J connectivity index is 1.88. The molecule has 16 heavy (non-hydrogen) atoms. The molecule has 1 saturated carbocycles. The maximum absolute atomic E-state index is 13.0. The van der Waals surface area contributed by atoms with Gasteiger partial charge < -0.3 is 4.74 Å². The molecule has 0 radical (unpaired) electrons. The number of hydrogen-bond donors (Lipinski definition) is 0. The number of halogens is 1. The Hall–Kier alpha value is -0.330. The lowest BCUT2D eigenvalue weighted by Crippen LogP contribution is -2.38. The van der Waals surface area contributed by atoms with E-state index >= 15 is 0 Å². The highest BCUT2D eigenvalue weighted by Gasteiger charge is 2.29. The van der Waals surface area contributed by atoms with E-state index in [4.69, 9.17) is 4.74 Å². The van der Waals surface area contributed by atoms with Gasteiger partial charge in [-0.3, -0.25) is 0 Å². The van der Waals surface area contributed by atoms with Gasteiger partial charge in [0.05, 0.1) is 13.2 Å². The van der Waals surface area contributed by atoms with Crippen LogP contribution in [0.3, 0.4) is 0 Å². The summed E-state index contributed by atoms with van der Waals surface area (Å²) in [6.07, 6.45) is 2.72. The average molecular weight is 248 g/mol. The summed E-state index contributed by atoms with van der Waals surface area (Å²) < 4.78 is 21.5. The molecule has 2 fully saturated rings. The van der Waals surface area contributed by atoms with Crippen LogP contribution in [-0.4, -0.2) is 47.1 Å². The molecule has 4 nitrogen and oxygen atoms in total. The monoisotopic (exact) mass is 248 g/mol. The van der Waals surface area contributed by atoms with Crippen LogP contribution < -0.4 is 0 Å². The molecular weight excluding hydrogens is 231 g/mol. The van der Waals surface area contributed by atoms with Gasteiger partial charge in [0.2, 0.25) is 0 Å². The van der Waals surface area contributed by atoms with Gasteiger partial charge in [-0.2, -0.15) is 0 Å². The minimum atomic E-state index is -1.32. The molecule has 2 rings (SSSR count). The first-order valence-corrected chi connectivity index (χ1v) is 6.50. The van der Waals surface area contributed by atoms with E-state index in [0.717, 1.165) is 38.8 Å². The van der Waals surface area contributed by atoms with Crippen molar-refractivity contribution in [3.63, 3.8) is 0 Å². The van der Waals surface area contributed by atoms with Crippen molar-refractivity contribution >= 4 is 18.3 Å². The lowest BCUT2D eigenvalue weighted by atomic mass is 10.3. The van der Waals surface area contributed by atoms with E-state index in [1.165, 1.54) is 16.4 Å². The molecule has 1 aliphatic carbocycles. The number of hydrogen-bond acceptors (Lipinski definition) is 4. The van der Waals surface area contributed by atoms with Gasteiger partial charge in [0.1, 0.15) is 0 Å². The summed E-state index contributed by atoms with van der Waals surface area (Å²) in [4.78, 5) is 11.0. The van der Waals surface area contributed by atoms with Gasteiger partial charge in [-0.15, -0.1) is 4.39 Å². The predicted molar refractivity (Wildman–Crippen MR) is 60.6 cm³/mol. The maximum Gasteiger partial charge on any atom is 0.411 e. The van der Waals surface area contributed by atoms with E-state index in [-0.39, 0.29) is 6.04 Å². The second-order valence-corrected chi connectivity index (χ2v) is 5.21. The smallest absolute Gasteiger partial charge is 0.379 e. The first-order valence-electron chi connectivity index (χ1n) is 5.77. The van der Waals surface area contributed by atoms with Crippen LogP contribution in [0.5, 0.6) is 0 Å². The molecule has 0 aromatic heterocycles. The molecule has 92 valence electrons. The van der Waals surface area contributed by atoms with E-state index in [2.05, 4.69) is 0 Å². The minimum Gasteiger partial charge on any atom is -0.379 e. The fourth-order valence-corrected chi connectivity index (χ4v) is 3.10. The summed E-state index contributed by atoms with van der Waals surface area (Å²) in [5, 5.41) is 0. The van der Waals surface area contributed by atoms with Crippen molar-refractivity contribution in [3.05, 3.63) is 0 Å². The van der Waals surface area contributed by atoms with E-state index < -0.39 is 6.16 Å². The van der Waals surface area contributed by atoms with Gasteiger partial charge >= 0.3 is 6.16 Å². The molecule has 1 aliphatic heterocycles. The van der Waals surface area contributed by atoms with Gasteiger partial charge in [-0.05, 0) is 12.8 Å². The highest BCUT2D eigenvalue weighted by atomic mass is 32.2. The zero-order valence-electron chi connectivity index (χ0n) is 9.23. The van der Waals surface area contributed by atoms with Crippen LogP contribution in [0.1, 0.15) is 25.7 Å². The molecule has 0 N–H and O–H groups in total. The predicted octanol–water partition coefficient (Wildman–Crippen LogP) is 2.22. The molecule has 0 spiro atoms. The van der Waals surface area contributed by atoms with Crippen LogP contribution >= 0.6 is 12.1 Å². The topological polar surface area (TPSA) is 32.8 Å². The Morgan fingerprint density at radius 2 is 1.94 bits per heavy atom. The summed E-state index contributed by atoms with van der Waals surface area (Å²) in [6, 6.07) is 0.0744. The summed E-state index contributed by atoms with van der Waals surface area (Å²) >= 11 is 1.23. The van der Waals surface area contributed by atoms with Crippen LogP contribution in [0, 0.1) is 0 Å². The average Bonchev–Trinajstić information content (AvgIpc) is 2.80. The van der Waals surface area contributed by atoms with Crippen LogP contribution in [-0.2, 0) is 4.74 Å². The summed E-state index contributed by atoms with van der Waals surface area (Å²) in [7, 11) is 0. The first kappa shape index (κ1) is 12.1. The minimum absolute atomic E-state index is 0.0744. The Kier molecular flexibility index (Phi) is 4.43. The van der Waals surface area contributed by atoms with Crippen molar-refractivity contribution in [3.8, 4) is 0 Å². The van der Waals surface area contributed by atoms with Crippen LogP contribution in [0.4, 0.5) is 9.18 Å². The number of morpholine rings is 1. The van der Waals surface area contributed by atoms with E-state index in [1.54, 1.807) is 0 Å². The van der Waals surface area contributed by atoms with Gasteiger partial charge in [-0.25, -0.2) is 13.4 Å². The standard InChI is InChI=1S/C10H17FN2O2S/c11-10(14)13(9-3-1-2-4-9)16-12-5-7-15-8-6-12/h9H,1-8H2. The summed E-state index contributed by atoms with van der Waals surface area (Å²) in [5.41, 5.74) is 0. The summed E-state index contributed by atoms with van der Waals surface area (Å²) in [5.74, 6) is 0. The van der Waals surface area contributed by atoms with Crippen molar-refractivity contribution in [2.45, 2.75) is 31.7 Å². The van der Waals surface area contributed by atoms with Gasteiger partial charge in [-0.1, -0.05) is 12.8 Å². The number of ether oxygens (including phenoxy) is 1. The van der Waals surface area contributed by atoms with Gasteiger partial charge in [0, 0.05) is 31.3 Å². The maximum atomic E-state index is 13.0. The zero-order valence-corrected chi connectivity index (χ0v) is 10.0. The van der Waals surface area contributed by atoms with Crippen LogP contribution in [0.15, 0.2) is 0 Å². The lowest BCUT2D eigenvalue weighted by Gasteiger charge is -2.32. The van der Waals surface area contributed by atoms with Gasteiger partial charge in [0.15, 0.2) is 0 Å². The third-order valence-corrected chi connectivity index (χ3v) is 4.22. The number of amides is 1. The van der Waals surface area contributed by atoms with Crippen molar-refractivity contribution in [1.29, 1.82) is 0 Å². The van der Waals surface area contributed by atoms with E-state index in [1.807, 2.05) is 4.31 Å². The second-order valence-electron chi connectivity index (χ2n) is 4.14. The number of carbonyl (C=O) groups excluding carboxylic acids is 1. The van der Waals surface area contributed by atoms with Crippen molar-refractivity contribution in [2.75, 3.05) is 26.3 Å². The molecule has 0 aromatic carbocycles. The van der Waals surface area contributed by atoms with Crippen molar-refractivity contribution < 1.29 is 13.9 Å². The molecular formula is C10H17FN2O2S. The molecule has 1 amide bonds. The highest BCUT2D eigenvalue weighted by molar-refractivity contribution is 7.95. The Morgan fingerprint density at radius 3 is 2.50 bits per heavy atom. The largest absolute Gasteiger partial charge is 0.411 e. The Bertz CT molecular complexity index is 243. The third kappa shape index (κ3) is 3.09. The summed E-state index contributed by atoms with van der Waals surface area (Å²) in [6.45, 7) is 2.82. The van der Waals surface area contributed by atoms with Crippen molar-refractivity contribution in [2.24, 2.45) is 0 Å². The third-order valence-electron chi connectivity index (χ3n) is 3.00. The molecule has 6 heteroatoms. The lowest BCUT2D eigenvalue weighted by molar-refractivity contribution is 0.0754. The molecule has 1 heterocycles. The normalized spacial score (nSPS) is 23.6. The SMILES string of the molecule is O=C(F)N(SN1CCOCC1)C1CCCC1. The quantitative estimate of drug-likeness (QED) is 0.435. The molecule has 2 aliphatic rings. The van der Waals surface area contributed by atoms with E-state index in [0.29, 0.717) is 13.2 Å². The number of nitrogens with zero attached hydrogens (tertiary/aromatic N) is 2. The first-order chi connectivity index (χ1) is 7.77. The zero-order chi connectivity index (χ0) is 11.4. The Morgan fingerprint density at radius 1 is 1.31 bits per heavy atom. The number of carbonyl (C=O) groups is 1. The Labute approximate surface area is 99.4 Å². The number of rotatable bonds is 3. The molecule has 0 aromatic rings. The van der Waals surface area contributed by atoms with Gasteiger partial charge in [0.25, 0.3) is 0 Å². The molecule has 0 unspecified atom stereocenters. The molecule has 0 atom stereocenters.